The number of amides is 1. The number of carbonyl (C=O) groups is 2. The molecule has 2 aromatic rings. The van der Waals surface area contributed by atoms with Crippen molar-refractivity contribution in [3.8, 4) is 0 Å². The van der Waals surface area contributed by atoms with Gasteiger partial charge >= 0.3 is 5.97 Å². The number of nitrogens with one attached hydrogen (secondary N) is 1. The molecule has 0 spiro atoms. The number of hydrogen-bond acceptors (Lipinski definition) is 5. The molecule has 2 rings (SSSR count). The minimum absolute atomic E-state index is 0.00860. The van der Waals surface area contributed by atoms with E-state index in [0.717, 1.165) is 31.2 Å². The van der Waals surface area contributed by atoms with Gasteiger partial charge in [0.25, 0.3) is 0 Å². The molecule has 6 heteroatoms. The molecule has 0 aliphatic heterocycles. The minimum Gasteiger partial charge on any atom is -0.461 e. The Morgan fingerprint density at radius 2 is 1.64 bits per heavy atom. The van der Waals surface area contributed by atoms with Gasteiger partial charge in [-0.15, -0.1) is 0 Å². The number of likely N-dealkylation sites (N-methyl/N-ethyl adjacent to an activating group) is 1. The topological polar surface area (TPSA) is 71.5 Å². The van der Waals surface area contributed by atoms with Gasteiger partial charge in [0.2, 0.25) is 5.91 Å². The molecule has 180 valence electrons. The van der Waals surface area contributed by atoms with Gasteiger partial charge in [-0.3, -0.25) is 14.6 Å². The van der Waals surface area contributed by atoms with Crippen LogP contribution in [0.1, 0.15) is 62.5 Å². The predicted octanol–water partition coefficient (Wildman–Crippen LogP) is 4.53. The molecule has 0 aliphatic rings. The average molecular weight is 454 g/mol. The lowest BCUT2D eigenvalue weighted by atomic mass is 10.1. The fourth-order valence-electron chi connectivity index (χ4n) is 3.77. The number of rotatable bonds is 16. The molecule has 0 bridgehead atoms. The summed E-state index contributed by atoms with van der Waals surface area (Å²) >= 11 is 0. The molecule has 0 radical (unpaired) electrons. The summed E-state index contributed by atoms with van der Waals surface area (Å²) in [7, 11) is 3.87. The van der Waals surface area contributed by atoms with E-state index < -0.39 is 0 Å². The van der Waals surface area contributed by atoms with Gasteiger partial charge in [0.1, 0.15) is 6.61 Å². The van der Waals surface area contributed by atoms with Crippen molar-refractivity contribution in [1.82, 2.24) is 15.2 Å². The van der Waals surface area contributed by atoms with Crippen molar-refractivity contribution in [3.05, 3.63) is 66.0 Å². The SMILES string of the molecule is CN(C)C[C@@H](CC(=O)OCc1ccccc1)NC(=O)CCCCCCCCc1cccnc1. The molecule has 1 N–H and O–H groups in total. The van der Waals surface area contributed by atoms with Gasteiger partial charge in [0, 0.05) is 25.4 Å². The molecule has 6 nitrogen and oxygen atoms in total. The number of pyridine rings is 1. The largest absolute Gasteiger partial charge is 0.461 e. The quantitative estimate of drug-likeness (QED) is 0.299. The van der Waals surface area contributed by atoms with E-state index in [4.69, 9.17) is 4.74 Å². The normalized spacial score (nSPS) is 11.8. The molecule has 0 saturated carbocycles. The Hall–Kier alpha value is -2.73. The number of aromatic nitrogens is 1. The maximum atomic E-state index is 12.4. The molecule has 1 amide bonds. The third kappa shape index (κ3) is 12.8. The van der Waals surface area contributed by atoms with Crippen LogP contribution in [0.2, 0.25) is 0 Å². The maximum Gasteiger partial charge on any atom is 0.308 e. The van der Waals surface area contributed by atoms with Crippen molar-refractivity contribution in [3.63, 3.8) is 0 Å². The highest BCUT2D eigenvalue weighted by atomic mass is 16.5. The standard InChI is InChI=1S/C27H39N3O3/c1-30(2)21-25(19-27(32)33-22-24-14-9-7-10-15-24)29-26(31)17-11-6-4-3-5-8-13-23-16-12-18-28-20-23/h7,9-10,12,14-16,18,20,25H,3-6,8,11,13,17,19,21-22H2,1-2H3,(H,29,31)/t25-/m1/s1. The highest BCUT2D eigenvalue weighted by molar-refractivity contribution is 5.77. The Morgan fingerprint density at radius 3 is 2.33 bits per heavy atom. The summed E-state index contributed by atoms with van der Waals surface area (Å²) in [6.07, 6.45) is 12.1. The van der Waals surface area contributed by atoms with E-state index >= 15 is 0 Å². The average Bonchev–Trinajstić information content (AvgIpc) is 2.80. The van der Waals surface area contributed by atoms with Gasteiger partial charge in [0.05, 0.1) is 12.5 Å². The summed E-state index contributed by atoms with van der Waals surface area (Å²) in [6, 6.07) is 13.5. The summed E-state index contributed by atoms with van der Waals surface area (Å²) in [6.45, 7) is 0.855. The third-order valence-corrected chi connectivity index (χ3v) is 5.45. The van der Waals surface area contributed by atoms with Gasteiger partial charge in [-0.25, -0.2) is 0 Å². The Kier molecular flexibility index (Phi) is 12.8. The second-order valence-electron chi connectivity index (χ2n) is 8.86. The number of aryl methyl sites for hydroxylation is 1. The van der Waals surface area contributed by atoms with Crippen LogP contribution in [0, 0.1) is 0 Å². The number of ether oxygens (including phenoxy) is 1. The van der Waals surface area contributed by atoms with Crippen LogP contribution in [0.25, 0.3) is 0 Å². The lowest BCUT2D eigenvalue weighted by Crippen LogP contribution is -2.43. The van der Waals surface area contributed by atoms with Crippen LogP contribution < -0.4 is 5.32 Å². The Morgan fingerprint density at radius 1 is 0.939 bits per heavy atom. The summed E-state index contributed by atoms with van der Waals surface area (Å²) in [4.78, 5) is 30.8. The van der Waals surface area contributed by atoms with Crippen LogP contribution in [0.3, 0.4) is 0 Å². The first-order chi connectivity index (χ1) is 16.0. The number of benzene rings is 1. The third-order valence-electron chi connectivity index (χ3n) is 5.45. The molecule has 1 aromatic heterocycles. The lowest BCUT2D eigenvalue weighted by molar-refractivity contribution is -0.145. The number of esters is 1. The monoisotopic (exact) mass is 453 g/mol. The van der Waals surface area contributed by atoms with E-state index in [-0.39, 0.29) is 30.9 Å². The summed E-state index contributed by atoms with van der Waals surface area (Å²) in [5.41, 5.74) is 2.25. The zero-order chi connectivity index (χ0) is 23.7. The number of unbranched alkanes of at least 4 members (excludes halogenated alkanes) is 5. The summed E-state index contributed by atoms with van der Waals surface area (Å²) in [5.74, 6) is -0.286. The predicted molar refractivity (Wildman–Crippen MR) is 132 cm³/mol. The van der Waals surface area contributed by atoms with Crippen LogP contribution in [-0.2, 0) is 27.4 Å². The first-order valence-electron chi connectivity index (χ1n) is 12.1. The molecular formula is C27H39N3O3. The molecule has 1 aromatic carbocycles. The molecule has 1 heterocycles. The van der Waals surface area contributed by atoms with Gasteiger partial charge in [-0.1, -0.05) is 62.1 Å². The Balaban J connectivity index is 1.57. The second kappa shape index (κ2) is 16.0. The fraction of sp³-hybridized carbons (Fsp3) is 0.519. The van der Waals surface area contributed by atoms with Crippen LogP contribution in [0.5, 0.6) is 0 Å². The maximum absolute atomic E-state index is 12.4. The van der Waals surface area contributed by atoms with Crippen molar-refractivity contribution >= 4 is 11.9 Å². The molecule has 1 atom stereocenters. The zero-order valence-electron chi connectivity index (χ0n) is 20.2. The fourth-order valence-corrected chi connectivity index (χ4v) is 3.77. The van der Waals surface area contributed by atoms with Crippen LogP contribution in [-0.4, -0.2) is 48.4 Å². The van der Waals surface area contributed by atoms with Gasteiger partial charge < -0.3 is 15.0 Å². The van der Waals surface area contributed by atoms with Crippen molar-refractivity contribution < 1.29 is 14.3 Å². The van der Waals surface area contributed by atoms with Crippen LogP contribution in [0.4, 0.5) is 0 Å². The Labute approximate surface area is 198 Å². The summed E-state index contributed by atoms with van der Waals surface area (Å²) < 4.78 is 5.38. The van der Waals surface area contributed by atoms with Crippen molar-refractivity contribution in [2.75, 3.05) is 20.6 Å². The highest BCUT2D eigenvalue weighted by Gasteiger charge is 2.18. The molecular weight excluding hydrogens is 414 g/mol. The van der Waals surface area contributed by atoms with E-state index in [9.17, 15) is 9.59 Å². The number of hydrogen-bond donors (Lipinski definition) is 1. The van der Waals surface area contributed by atoms with Gasteiger partial charge in [-0.2, -0.15) is 0 Å². The zero-order valence-corrected chi connectivity index (χ0v) is 20.2. The van der Waals surface area contributed by atoms with E-state index in [1.165, 1.54) is 24.8 Å². The molecule has 0 fully saturated rings. The second-order valence-corrected chi connectivity index (χ2v) is 8.86. The Bertz CT molecular complexity index is 797. The lowest BCUT2D eigenvalue weighted by Gasteiger charge is -2.22. The van der Waals surface area contributed by atoms with Crippen LogP contribution in [0.15, 0.2) is 54.9 Å². The first kappa shape index (κ1) is 26.5. The van der Waals surface area contributed by atoms with Gasteiger partial charge in [-0.05, 0) is 50.6 Å². The van der Waals surface area contributed by atoms with Crippen molar-refractivity contribution in [2.24, 2.45) is 0 Å². The van der Waals surface area contributed by atoms with E-state index in [1.54, 1.807) is 6.20 Å². The smallest absolute Gasteiger partial charge is 0.308 e. The molecule has 33 heavy (non-hydrogen) atoms. The number of carbonyl (C=O) groups excluding carboxylic acids is 2. The van der Waals surface area contributed by atoms with E-state index in [1.807, 2.05) is 61.6 Å². The van der Waals surface area contributed by atoms with E-state index in [2.05, 4.69) is 16.4 Å². The molecule has 0 aliphatic carbocycles. The van der Waals surface area contributed by atoms with Crippen molar-refractivity contribution in [2.45, 2.75) is 70.4 Å². The molecule has 0 unspecified atom stereocenters. The molecule has 0 saturated heterocycles. The number of nitrogens with zero attached hydrogens (tertiary/aromatic N) is 2. The minimum atomic E-state index is -0.294. The first-order valence-corrected chi connectivity index (χ1v) is 12.1. The van der Waals surface area contributed by atoms with E-state index in [0.29, 0.717) is 13.0 Å². The van der Waals surface area contributed by atoms with Crippen molar-refractivity contribution in [1.29, 1.82) is 0 Å². The van der Waals surface area contributed by atoms with Gasteiger partial charge in [0.15, 0.2) is 0 Å². The summed E-state index contributed by atoms with van der Waals surface area (Å²) in [5, 5.41) is 3.02. The van der Waals surface area contributed by atoms with Crippen LogP contribution >= 0.6 is 0 Å². The highest BCUT2D eigenvalue weighted by Crippen LogP contribution is 2.11.